The van der Waals surface area contributed by atoms with Crippen LogP contribution in [0.1, 0.15) is 5.56 Å². The molecule has 0 amide bonds. The highest BCUT2D eigenvalue weighted by atomic mass is 32.2. The first-order chi connectivity index (χ1) is 12.5. The molecule has 0 spiro atoms. The predicted octanol–water partition coefficient (Wildman–Crippen LogP) is -0.815. The number of hydrogen-bond donors (Lipinski definition) is 2. The fourth-order valence-electron chi connectivity index (χ4n) is 3.87. The lowest BCUT2D eigenvalue weighted by Gasteiger charge is -2.41. The maximum Gasteiger partial charge on any atom is 0.297 e. The molecule has 144 valence electrons. The Morgan fingerprint density at radius 1 is 1.23 bits per heavy atom. The highest BCUT2D eigenvalue weighted by Gasteiger charge is 2.56. The second kappa shape index (κ2) is 7.38. The summed E-state index contributed by atoms with van der Waals surface area (Å²) >= 11 is 1.89. The molecule has 5 atom stereocenters. The molecule has 2 bridgehead atoms. The third kappa shape index (κ3) is 3.54. The molecule has 0 saturated carbocycles. The van der Waals surface area contributed by atoms with Gasteiger partial charge in [0.05, 0.1) is 24.6 Å². The number of aliphatic hydroxyl groups is 1. The van der Waals surface area contributed by atoms with Gasteiger partial charge in [0, 0.05) is 11.5 Å². The molecule has 9 heteroatoms. The summed E-state index contributed by atoms with van der Waals surface area (Å²) in [4.78, 5) is 1.29. The van der Waals surface area contributed by atoms with Crippen LogP contribution in [0.4, 0.5) is 0 Å². The molecule has 3 heterocycles. The van der Waals surface area contributed by atoms with E-state index in [1.54, 1.807) is 12.1 Å². The molecule has 3 aliphatic rings. The van der Waals surface area contributed by atoms with Crippen LogP contribution in [0.15, 0.2) is 29.2 Å². The first kappa shape index (κ1) is 18.7. The Labute approximate surface area is 157 Å². The minimum Gasteiger partial charge on any atom is -0.384 e. The van der Waals surface area contributed by atoms with E-state index in [4.69, 9.17) is 13.7 Å². The van der Waals surface area contributed by atoms with Crippen molar-refractivity contribution in [3.05, 3.63) is 29.8 Å². The maximum absolute atomic E-state index is 12.7. The standard InChI is InChI=1S/C17H23NO6S2/c1-11-2-4-12(5-3-11)26(20,21)24-16-15(19)14(13-10-22-17(16)23-13)18-6-8-25-9-7-18/h2-5,13-17,19H,6-10H2,1H3/p+1/t13-,14+,15+,16+,17-/m0/s1. The number of fused-ring (bicyclic) bond motifs is 2. The van der Waals surface area contributed by atoms with Gasteiger partial charge < -0.3 is 19.5 Å². The molecule has 0 aromatic heterocycles. The summed E-state index contributed by atoms with van der Waals surface area (Å²) < 4.78 is 42.2. The van der Waals surface area contributed by atoms with Crippen molar-refractivity contribution in [2.75, 3.05) is 31.2 Å². The topological polar surface area (TPSA) is 86.5 Å². The van der Waals surface area contributed by atoms with Crippen LogP contribution in [0.25, 0.3) is 0 Å². The Bertz CT molecular complexity index is 734. The SMILES string of the molecule is Cc1ccc(S(=O)(=O)O[C@H]2[C@H]3OC[C@H](O3)[C@@H]([NH+]3CCSCC3)[C@H]2O)cc1. The average Bonchev–Trinajstić information content (AvgIpc) is 3.06. The van der Waals surface area contributed by atoms with E-state index in [0.29, 0.717) is 6.61 Å². The second-order valence-corrected chi connectivity index (χ2v) is 9.79. The van der Waals surface area contributed by atoms with E-state index in [-0.39, 0.29) is 17.0 Å². The van der Waals surface area contributed by atoms with Gasteiger partial charge in [0.25, 0.3) is 10.1 Å². The second-order valence-electron chi connectivity index (χ2n) is 6.99. The summed E-state index contributed by atoms with van der Waals surface area (Å²) in [5.41, 5.74) is 0.957. The van der Waals surface area contributed by atoms with Crippen molar-refractivity contribution < 1.29 is 32.1 Å². The Morgan fingerprint density at radius 2 is 1.92 bits per heavy atom. The van der Waals surface area contributed by atoms with Crippen LogP contribution in [0.3, 0.4) is 0 Å². The number of hydrogen-bond acceptors (Lipinski definition) is 7. The zero-order valence-corrected chi connectivity index (χ0v) is 16.2. The van der Waals surface area contributed by atoms with E-state index in [0.717, 1.165) is 30.2 Å². The molecule has 7 nitrogen and oxygen atoms in total. The number of aliphatic hydroxyl groups excluding tert-OH is 1. The molecule has 26 heavy (non-hydrogen) atoms. The van der Waals surface area contributed by atoms with E-state index in [9.17, 15) is 13.5 Å². The largest absolute Gasteiger partial charge is 0.384 e. The molecule has 4 rings (SSSR count). The number of benzene rings is 1. The Kier molecular flexibility index (Phi) is 5.30. The lowest BCUT2D eigenvalue weighted by Crippen LogP contribution is -3.20. The van der Waals surface area contributed by atoms with Crippen molar-refractivity contribution in [3.63, 3.8) is 0 Å². The van der Waals surface area contributed by atoms with Crippen molar-refractivity contribution in [1.29, 1.82) is 0 Å². The summed E-state index contributed by atoms with van der Waals surface area (Å²) in [6.45, 7) is 4.06. The molecule has 3 fully saturated rings. The van der Waals surface area contributed by atoms with E-state index in [2.05, 4.69) is 0 Å². The van der Waals surface area contributed by atoms with Gasteiger partial charge in [-0.25, -0.2) is 0 Å². The van der Waals surface area contributed by atoms with Crippen LogP contribution in [0, 0.1) is 6.92 Å². The molecule has 0 radical (unpaired) electrons. The number of aryl methyl sites for hydroxylation is 1. The fraction of sp³-hybridized carbons (Fsp3) is 0.647. The molecule has 0 aliphatic carbocycles. The van der Waals surface area contributed by atoms with Gasteiger partial charge in [0.15, 0.2) is 12.4 Å². The lowest BCUT2D eigenvalue weighted by molar-refractivity contribution is -0.930. The smallest absolute Gasteiger partial charge is 0.297 e. The van der Waals surface area contributed by atoms with Crippen LogP contribution in [0.5, 0.6) is 0 Å². The van der Waals surface area contributed by atoms with Gasteiger partial charge in [-0.3, -0.25) is 4.18 Å². The van der Waals surface area contributed by atoms with Crippen molar-refractivity contribution in [2.45, 2.75) is 42.5 Å². The first-order valence-corrected chi connectivity index (χ1v) is 11.4. The van der Waals surface area contributed by atoms with E-state index >= 15 is 0 Å². The molecular weight excluding hydrogens is 378 g/mol. The van der Waals surface area contributed by atoms with Gasteiger partial charge >= 0.3 is 0 Å². The van der Waals surface area contributed by atoms with Crippen LogP contribution in [-0.2, 0) is 23.8 Å². The monoisotopic (exact) mass is 402 g/mol. The molecule has 2 N–H and O–H groups in total. The molecule has 3 saturated heterocycles. The summed E-state index contributed by atoms with van der Waals surface area (Å²) in [6.07, 6.45) is -3.10. The van der Waals surface area contributed by atoms with Gasteiger partial charge in [0.2, 0.25) is 0 Å². The van der Waals surface area contributed by atoms with E-state index < -0.39 is 28.6 Å². The Morgan fingerprint density at radius 3 is 2.62 bits per heavy atom. The molecular formula is C17H24NO6S2+. The zero-order chi connectivity index (χ0) is 18.3. The summed E-state index contributed by atoms with van der Waals surface area (Å²) in [7, 11) is -4.02. The molecule has 1 aromatic rings. The summed E-state index contributed by atoms with van der Waals surface area (Å²) in [6, 6.07) is 6.19. The zero-order valence-electron chi connectivity index (χ0n) is 14.5. The molecule has 3 aliphatic heterocycles. The Hall–Kier alpha value is -0.680. The van der Waals surface area contributed by atoms with Gasteiger partial charge in [-0.15, -0.1) is 0 Å². The maximum atomic E-state index is 12.7. The predicted molar refractivity (Wildman–Crippen MR) is 95.7 cm³/mol. The van der Waals surface area contributed by atoms with E-state index in [1.165, 1.54) is 17.0 Å². The lowest BCUT2D eigenvalue weighted by atomic mass is 9.96. The molecule has 1 aromatic carbocycles. The van der Waals surface area contributed by atoms with Gasteiger partial charge in [-0.05, 0) is 19.1 Å². The van der Waals surface area contributed by atoms with Crippen molar-refractivity contribution in [3.8, 4) is 0 Å². The third-order valence-corrected chi connectivity index (χ3v) is 7.57. The van der Waals surface area contributed by atoms with Gasteiger partial charge in [-0.2, -0.15) is 20.2 Å². The van der Waals surface area contributed by atoms with Crippen molar-refractivity contribution >= 4 is 21.9 Å². The van der Waals surface area contributed by atoms with Crippen LogP contribution < -0.4 is 4.90 Å². The highest BCUT2D eigenvalue weighted by molar-refractivity contribution is 7.99. The number of nitrogens with one attached hydrogen (secondary N) is 1. The number of ether oxygens (including phenoxy) is 2. The third-order valence-electron chi connectivity index (χ3n) is 5.26. The first-order valence-electron chi connectivity index (χ1n) is 8.83. The van der Waals surface area contributed by atoms with Gasteiger partial charge in [-0.1, -0.05) is 17.7 Å². The quantitative estimate of drug-likeness (QED) is 0.637. The molecule has 0 unspecified atom stereocenters. The van der Waals surface area contributed by atoms with E-state index in [1.807, 2.05) is 18.7 Å². The van der Waals surface area contributed by atoms with Gasteiger partial charge in [0.1, 0.15) is 18.2 Å². The van der Waals surface area contributed by atoms with Crippen molar-refractivity contribution in [1.82, 2.24) is 0 Å². The number of thioether (sulfide) groups is 1. The highest BCUT2D eigenvalue weighted by Crippen LogP contribution is 2.31. The number of quaternary nitrogens is 1. The summed E-state index contributed by atoms with van der Waals surface area (Å²) in [5.74, 6) is 2.03. The average molecular weight is 403 g/mol. The minimum absolute atomic E-state index is 0.0636. The Balaban J connectivity index is 1.56. The normalized spacial score (nSPS) is 35.5. The van der Waals surface area contributed by atoms with Crippen molar-refractivity contribution in [2.24, 2.45) is 0 Å². The fourth-order valence-corrected chi connectivity index (χ4v) is 5.96. The van der Waals surface area contributed by atoms with Crippen LogP contribution in [-0.4, -0.2) is 75.4 Å². The summed E-state index contributed by atoms with van der Waals surface area (Å²) in [5, 5.41) is 10.9. The van der Waals surface area contributed by atoms with Crippen LogP contribution in [0.2, 0.25) is 0 Å². The van der Waals surface area contributed by atoms with Crippen LogP contribution >= 0.6 is 11.8 Å². The number of rotatable bonds is 4. The minimum atomic E-state index is -4.02.